The number of aromatic nitrogens is 1. The third kappa shape index (κ3) is 2.76. The third-order valence-electron chi connectivity index (χ3n) is 3.11. The van der Waals surface area contributed by atoms with Crippen molar-refractivity contribution in [3.05, 3.63) is 29.0 Å². The van der Waals surface area contributed by atoms with Gasteiger partial charge in [0.15, 0.2) is 0 Å². The molecule has 1 amide bonds. The molecule has 0 spiro atoms. The Hall–Kier alpha value is -1.13. The van der Waals surface area contributed by atoms with Gasteiger partial charge in [-0.15, -0.1) is 0 Å². The highest BCUT2D eigenvalue weighted by Crippen LogP contribution is 2.17. The van der Waals surface area contributed by atoms with Crippen LogP contribution in [0.15, 0.2) is 18.3 Å². The molecule has 1 aliphatic rings. The highest BCUT2D eigenvalue weighted by molar-refractivity contribution is 6.32. The predicted octanol–water partition coefficient (Wildman–Crippen LogP) is 1.56. The average molecular weight is 254 g/mol. The van der Waals surface area contributed by atoms with Crippen molar-refractivity contribution in [3.63, 3.8) is 0 Å². The molecular formula is C12H16ClN3O. The summed E-state index contributed by atoms with van der Waals surface area (Å²) < 4.78 is 0. The van der Waals surface area contributed by atoms with E-state index in [0.29, 0.717) is 11.6 Å². The number of amides is 1. The van der Waals surface area contributed by atoms with Crippen LogP contribution in [0.3, 0.4) is 0 Å². The van der Waals surface area contributed by atoms with Gasteiger partial charge in [-0.25, -0.2) is 4.98 Å². The number of rotatable bonds is 2. The molecule has 1 aromatic rings. The molecule has 0 saturated carbocycles. The van der Waals surface area contributed by atoms with Gasteiger partial charge in [-0.2, -0.15) is 0 Å². The molecule has 1 aliphatic heterocycles. The average Bonchev–Trinajstić information content (AvgIpc) is 2.38. The summed E-state index contributed by atoms with van der Waals surface area (Å²) in [5, 5.41) is 3.49. The van der Waals surface area contributed by atoms with Gasteiger partial charge in [0.25, 0.3) is 5.91 Å². The number of carbonyl (C=O) groups is 1. The predicted molar refractivity (Wildman–Crippen MR) is 67.2 cm³/mol. The fourth-order valence-electron chi connectivity index (χ4n) is 2.11. The molecule has 0 aliphatic carbocycles. The standard InChI is InChI=1S/C12H16ClN3O/c1-14-9-4-3-7-16(8-9)12(17)10-5-2-6-15-11(10)13/h2,5-6,9,14H,3-4,7-8H2,1H3/t9-/m0/s1. The molecular weight excluding hydrogens is 238 g/mol. The largest absolute Gasteiger partial charge is 0.337 e. The van der Waals surface area contributed by atoms with Gasteiger partial charge in [0.05, 0.1) is 5.56 Å². The minimum absolute atomic E-state index is 0.0250. The maximum Gasteiger partial charge on any atom is 0.257 e. The first-order valence-electron chi connectivity index (χ1n) is 5.79. The van der Waals surface area contributed by atoms with Crippen LogP contribution in [0.4, 0.5) is 0 Å². The van der Waals surface area contributed by atoms with Gasteiger partial charge in [0, 0.05) is 25.3 Å². The maximum atomic E-state index is 12.3. The SMILES string of the molecule is CN[C@H]1CCCN(C(=O)c2cccnc2Cl)C1. The summed E-state index contributed by atoms with van der Waals surface area (Å²) in [6, 6.07) is 3.84. The molecule has 1 atom stereocenters. The van der Waals surface area contributed by atoms with Crippen molar-refractivity contribution in [1.82, 2.24) is 15.2 Å². The smallest absolute Gasteiger partial charge is 0.257 e. The Labute approximate surface area is 106 Å². The third-order valence-corrected chi connectivity index (χ3v) is 3.41. The molecule has 2 heterocycles. The van der Waals surface area contributed by atoms with Crippen LogP contribution in [0.1, 0.15) is 23.2 Å². The van der Waals surface area contributed by atoms with Crippen molar-refractivity contribution < 1.29 is 4.79 Å². The minimum atomic E-state index is -0.0250. The van der Waals surface area contributed by atoms with Gasteiger partial charge in [-0.3, -0.25) is 4.79 Å². The van der Waals surface area contributed by atoms with Crippen LogP contribution in [0.25, 0.3) is 0 Å². The second-order valence-corrected chi connectivity index (χ2v) is 4.58. The summed E-state index contributed by atoms with van der Waals surface area (Å²) >= 11 is 5.93. The van der Waals surface area contributed by atoms with Gasteiger partial charge in [-0.1, -0.05) is 11.6 Å². The molecule has 1 N–H and O–H groups in total. The topological polar surface area (TPSA) is 45.2 Å². The van der Waals surface area contributed by atoms with Gasteiger partial charge in [0.1, 0.15) is 5.15 Å². The van der Waals surface area contributed by atoms with E-state index in [4.69, 9.17) is 11.6 Å². The lowest BCUT2D eigenvalue weighted by Gasteiger charge is -2.32. The first kappa shape index (κ1) is 12.3. The van der Waals surface area contributed by atoms with Crippen molar-refractivity contribution in [1.29, 1.82) is 0 Å². The van der Waals surface area contributed by atoms with E-state index in [1.165, 1.54) is 0 Å². The molecule has 1 saturated heterocycles. The zero-order chi connectivity index (χ0) is 12.3. The summed E-state index contributed by atoms with van der Waals surface area (Å²) in [5.74, 6) is -0.0250. The first-order chi connectivity index (χ1) is 8.22. The summed E-state index contributed by atoms with van der Waals surface area (Å²) in [6.07, 6.45) is 3.72. The lowest BCUT2D eigenvalue weighted by molar-refractivity contribution is 0.0698. The monoisotopic (exact) mass is 253 g/mol. The van der Waals surface area contributed by atoms with Crippen molar-refractivity contribution in [2.45, 2.75) is 18.9 Å². The highest BCUT2D eigenvalue weighted by atomic mass is 35.5. The van der Waals surface area contributed by atoms with E-state index in [2.05, 4.69) is 10.3 Å². The molecule has 2 rings (SSSR count). The maximum absolute atomic E-state index is 12.3. The zero-order valence-corrected chi connectivity index (χ0v) is 10.6. The fourth-order valence-corrected chi connectivity index (χ4v) is 2.31. The first-order valence-corrected chi connectivity index (χ1v) is 6.17. The second-order valence-electron chi connectivity index (χ2n) is 4.22. The molecule has 0 radical (unpaired) electrons. The summed E-state index contributed by atoms with van der Waals surface area (Å²) in [5.41, 5.74) is 0.492. The molecule has 5 heteroatoms. The molecule has 1 fully saturated rings. The lowest BCUT2D eigenvalue weighted by Crippen LogP contribution is -2.47. The van der Waals surface area contributed by atoms with E-state index < -0.39 is 0 Å². The van der Waals surface area contributed by atoms with E-state index in [1.54, 1.807) is 18.3 Å². The normalized spacial score (nSPS) is 20.4. The number of hydrogen-bond acceptors (Lipinski definition) is 3. The summed E-state index contributed by atoms with van der Waals surface area (Å²) in [7, 11) is 1.93. The number of likely N-dealkylation sites (N-methyl/N-ethyl adjacent to an activating group) is 1. The molecule has 92 valence electrons. The fraction of sp³-hybridized carbons (Fsp3) is 0.500. The van der Waals surface area contributed by atoms with E-state index in [1.807, 2.05) is 11.9 Å². The molecule has 0 aromatic carbocycles. The van der Waals surface area contributed by atoms with Crippen molar-refractivity contribution in [3.8, 4) is 0 Å². The minimum Gasteiger partial charge on any atom is -0.337 e. The summed E-state index contributed by atoms with van der Waals surface area (Å²) in [4.78, 5) is 18.0. The highest BCUT2D eigenvalue weighted by Gasteiger charge is 2.24. The lowest BCUT2D eigenvalue weighted by atomic mass is 10.1. The second kappa shape index (κ2) is 5.47. The van der Waals surface area contributed by atoms with Crippen LogP contribution in [0.2, 0.25) is 5.15 Å². The Balaban J connectivity index is 2.12. The van der Waals surface area contributed by atoms with Crippen LogP contribution in [-0.2, 0) is 0 Å². The Morgan fingerprint density at radius 1 is 1.65 bits per heavy atom. The van der Waals surface area contributed by atoms with Crippen LogP contribution >= 0.6 is 11.6 Å². The van der Waals surface area contributed by atoms with Gasteiger partial charge < -0.3 is 10.2 Å². The van der Waals surface area contributed by atoms with Gasteiger partial charge in [-0.05, 0) is 32.0 Å². The molecule has 17 heavy (non-hydrogen) atoms. The Morgan fingerprint density at radius 2 is 2.47 bits per heavy atom. The number of piperidine rings is 1. The van der Waals surface area contributed by atoms with Crippen LogP contribution < -0.4 is 5.32 Å². The van der Waals surface area contributed by atoms with Crippen LogP contribution in [0, 0.1) is 0 Å². The van der Waals surface area contributed by atoms with Crippen molar-refractivity contribution in [2.24, 2.45) is 0 Å². The van der Waals surface area contributed by atoms with E-state index >= 15 is 0 Å². The molecule has 1 aromatic heterocycles. The quantitative estimate of drug-likeness (QED) is 0.814. The number of pyridine rings is 1. The Morgan fingerprint density at radius 3 is 3.18 bits per heavy atom. The van der Waals surface area contributed by atoms with Gasteiger partial charge >= 0.3 is 0 Å². The summed E-state index contributed by atoms with van der Waals surface area (Å²) in [6.45, 7) is 1.53. The zero-order valence-electron chi connectivity index (χ0n) is 9.82. The number of halogens is 1. The Kier molecular flexibility index (Phi) is 3.97. The molecule has 0 unspecified atom stereocenters. The van der Waals surface area contributed by atoms with Gasteiger partial charge in [0.2, 0.25) is 0 Å². The van der Waals surface area contributed by atoms with E-state index in [0.717, 1.165) is 25.9 Å². The van der Waals surface area contributed by atoms with Crippen LogP contribution in [-0.4, -0.2) is 42.0 Å². The number of likely N-dealkylation sites (tertiary alicyclic amines) is 1. The number of carbonyl (C=O) groups excluding carboxylic acids is 1. The number of nitrogens with one attached hydrogen (secondary N) is 1. The van der Waals surface area contributed by atoms with Crippen LogP contribution in [0.5, 0.6) is 0 Å². The number of nitrogens with zero attached hydrogens (tertiary/aromatic N) is 2. The van der Waals surface area contributed by atoms with Crippen molar-refractivity contribution in [2.75, 3.05) is 20.1 Å². The van der Waals surface area contributed by atoms with Crippen molar-refractivity contribution >= 4 is 17.5 Å². The van der Waals surface area contributed by atoms with E-state index in [9.17, 15) is 4.79 Å². The molecule has 0 bridgehead atoms. The van der Waals surface area contributed by atoms with E-state index in [-0.39, 0.29) is 11.1 Å². The number of hydrogen-bond donors (Lipinski definition) is 1. The molecule has 4 nitrogen and oxygen atoms in total. The Bertz CT molecular complexity index is 410.